The number of ether oxygens (including phenoxy) is 1. The van der Waals surface area contributed by atoms with E-state index in [1.54, 1.807) is 6.07 Å². The van der Waals surface area contributed by atoms with Crippen LogP contribution in [0.15, 0.2) is 22.9 Å². The molecule has 0 bridgehead atoms. The molecule has 28 heavy (non-hydrogen) atoms. The molecular formula is C20H26N4O4. The summed E-state index contributed by atoms with van der Waals surface area (Å²) in [6.07, 6.45) is 10.0. The Labute approximate surface area is 163 Å². The summed E-state index contributed by atoms with van der Waals surface area (Å²) < 4.78 is 9.74. The van der Waals surface area contributed by atoms with E-state index in [-0.39, 0.29) is 5.69 Å². The molecule has 2 aromatic rings. The summed E-state index contributed by atoms with van der Waals surface area (Å²) in [4.78, 5) is 30.9. The number of hydrogen-bond donors (Lipinski definition) is 1. The number of hydrogen-bond acceptors (Lipinski definition) is 7. The summed E-state index contributed by atoms with van der Waals surface area (Å²) in [5.74, 6) is 1.22. The van der Waals surface area contributed by atoms with E-state index in [9.17, 15) is 9.59 Å². The number of rotatable bonds is 7. The number of aromatic nitrogens is 3. The Morgan fingerprint density at radius 3 is 2.75 bits per heavy atom. The number of amides is 1. The van der Waals surface area contributed by atoms with Gasteiger partial charge in [-0.2, -0.15) is 4.98 Å². The first-order valence-corrected chi connectivity index (χ1v) is 9.88. The Morgan fingerprint density at radius 2 is 2.04 bits per heavy atom. The van der Waals surface area contributed by atoms with Crippen molar-refractivity contribution in [3.05, 3.63) is 29.8 Å². The van der Waals surface area contributed by atoms with Gasteiger partial charge in [-0.3, -0.25) is 0 Å². The van der Waals surface area contributed by atoms with Gasteiger partial charge in [-0.1, -0.05) is 37.8 Å². The van der Waals surface area contributed by atoms with Gasteiger partial charge in [0, 0.05) is 17.7 Å². The average Bonchev–Trinajstić information content (AvgIpc) is 3.19. The van der Waals surface area contributed by atoms with E-state index in [0.717, 1.165) is 18.8 Å². The first kappa shape index (κ1) is 20.0. The molecule has 8 nitrogen and oxygen atoms in total. The number of nitrogens with two attached hydrogens (primary N) is 1. The van der Waals surface area contributed by atoms with Crippen molar-refractivity contribution < 1.29 is 18.8 Å². The number of carbonyl (C=O) groups excluding carboxylic acids is 2. The maximum Gasteiger partial charge on any atom is 0.412 e. The zero-order chi connectivity index (χ0) is 19.9. The van der Waals surface area contributed by atoms with E-state index in [2.05, 4.69) is 26.8 Å². The van der Waals surface area contributed by atoms with Crippen LogP contribution < -0.4 is 5.73 Å². The van der Waals surface area contributed by atoms with Crippen LogP contribution in [-0.4, -0.2) is 27.2 Å². The van der Waals surface area contributed by atoms with Crippen molar-refractivity contribution in [2.24, 2.45) is 11.7 Å². The molecule has 0 aliphatic heterocycles. The quantitative estimate of drug-likeness (QED) is 0.429. The predicted octanol–water partition coefficient (Wildman–Crippen LogP) is 4.22. The maximum atomic E-state index is 11.8. The standard InChI is InChI=1S/C20H26N4O4/c1-2-3-4-5-13-6-8-14(9-7-13)17-23-18(28-24-17)15-10-11-22-16(12-15)19(25)27-20(21)26/h10-14H,2-9H2,1H3,(H2,21,26). The second kappa shape index (κ2) is 9.43. The fourth-order valence-electron chi connectivity index (χ4n) is 3.73. The molecule has 0 atom stereocenters. The van der Waals surface area contributed by atoms with Gasteiger partial charge in [-0.25, -0.2) is 14.6 Å². The molecule has 0 radical (unpaired) electrons. The van der Waals surface area contributed by atoms with Gasteiger partial charge < -0.3 is 15.0 Å². The lowest BCUT2D eigenvalue weighted by molar-refractivity contribution is 0.0632. The summed E-state index contributed by atoms with van der Waals surface area (Å²) in [5.41, 5.74) is 5.35. The minimum atomic E-state index is -1.18. The van der Waals surface area contributed by atoms with Crippen molar-refractivity contribution in [1.29, 1.82) is 0 Å². The van der Waals surface area contributed by atoms with Gasteiger partial charge in [0.15, 0.2) is 5.82 Å². The fourth-order valence-corrected chi connectivity index (χ4v) is 3.73. The van der Waals surface area contributed by atoms with Crippen molar-refractivity contribution in [1.82, 2.24) is 15.1 Å². The molecule has 1 aliphatic rings. The molecule has 0 spiro atoms. The third-order valence-electron chi connectivity index (χ3n) is 5.28. The maximum absolute atomic E-state index is 11.8. The van der Waals surface area contributed by atoms with Gasteiger partial charge in [0.05, 0.1) is 0 Å². The number of unbranched alkanes of at least 4 members (excludes halogenated alkanes) is 2. The smallest absolute Gasteiger partial charge is 0.372 e. The average molecular weight is 386 g/mol. The zero-order valence-corrected chi connectivity index (χ0v) is 16.1. The number of nitrogens with zero attached hydrogens (tertiary/aromatic N) is 3. The van der Waals surface area contributed by atoms with Crippen LogP contribution in [-0.2, 0) is 4.74 Å². The van der Waals surface area contributed by atoms with Crippen LogP contribution in [0, 0.1) is 5.92 Å². The lowest BCUT2D eigenvalue weighted by Crippen LogP contribution is -2.19. The minimum absolute atomic E-state index is 0.0522. The molecule has 0 saturated heterocycles. The lowest BCUT2D eigenvalue weighted by atomic mass is 9.79. The monoisotopic (exact) mass is 386 g/mol. The van der Waals surface area contributed by atoms with Crippen molar-refractivity contribution in [2.45, 2.75) is 64.2 Å². The first-order valence-electron chi connectivity index (χ1n) is 9.88. The fraction of sp³-hybridized carbons (Fsp3) is 0.550. The molecule has 1 aliphatic carbocycles. The second-order valence-electron chi connectivity index (χ2n) is 7.31. The topological polar surface area (TPSA) is 121 Å². The lowest BCUT2D eigenvalue weighted by Gasteiger charge is -2.26. The molecule has 2 N–H and O–H groups in total. The van der Waals surface area contributed by atoms with Crippen LogP contribution in [0.2, 0.25) is 0 Å². The van der Waals surface area contributed by atoms with Crippen LogP contribution in [0.3, 0.4) is 0 Å². The molecule has 1 saturated carbocycles. The van der Waals surface area contributed by atoms with Gasteiger partial charge in [0.25, 0.3) is 5.89 Å². The van der Waals surface area contributed by atoms with Gasteiger partial charge in [0.2, 0.25) is 0 Å². The van der Waals surface area contributed by atoms with Crippen LogP contribution in [0.4, 0.5) is 4.79 Å². The van der Waals surface area contributed by atoms with Crippen molar-refractivity contribution >= 4 is 12.1 Å². The highest BCUT2D eigenvalue weighted by atomic mass is 16.6. The highest BCUT2D eigenvalue weighted by molar-refractivity contribution is 5.95. The Hall–Kier alpha value is -2.77. The van der Waals surface area contributed by atoms with Crippen molar-refractivity contribution in [3.63, 3.8) is 0 Å². The Bertz CT molecular complexity index is 812. The minimum Gasteiger partial charge on any atom is -0.372 e. The van der Waals surface area contributed by atoms with E-state index in [4.69, 9.17) is 10.3 Å². The Balaban J connectivity index is 1.62. The van der Waals surface area contributed by atoms with E-state index in [0.29, 0.717) is 23.2 Å². The van der Waals surface area contributed by atoms with Gasteiger partial charge in [-0.05, 0) is 43.7 Å². The number of primary amides is 1. The van der Waals surface area contributed by atoms with Gasteiger partial charge >= 0.3 is 12.1 Å². The molecular weight excluding hydrogens is 360 g/mol. The first-order chi connectivity index (χ1) is 13.6. The molecule has 150 valence electrons. The van der Waals surface area contributed by atoms with E-state index in [1.165, 1.54) is 50.8 Å². The molecule has 8 heteroatoms. The molecule has 3 rings (SSSR count). The second-order valence-corrected chi connectivity index (χ2v) is 7.31. The van der Waals surface area contributed by atoms with E-state index in [1.807, 2.05) is 0 Å². The largest absolute Gasteiger partial charge is 0.412 e. The summed E-state index contributed by atoms with van der Waals surface area (Å²) in [5, 5.41) is 4.14. The van der Waals surface area contributed by atoms with Gasteiger partial charge in [-0.15, -0.1) is 0 Å². The van der Waals surface area contributed by atoms with Crippen LogP contribution >= 0.6 is 0 Å². The summed E-state index contributed by atoms with van der Waals surface area (Å²) in [6, 6.07) is 3.09. The highest BCUT2D eigenvalue weighted by Gasteiger charge is 2.26. The predicted molar refractivity (Wildman–Crippen MR) is 101 cm³/mol. The third kappa shape index (κ3) is 5.15. The zero-order valence-electron chi connectivity index (χ0n) is 16.1. The van der Waals surface area contributed by atoms with Crippen LogP contribution in [0.5, 0.6) is 0 Å². The Kier molecular flexibility index (Phi) is 6.73. The number of pyridine rings is 1. The third-order valence-corrected chi connectivity index (χ3v) is 5.28. The van der Waals surface area contributed by atoms with E-state index < -0.39 is 12.1 Å². The summed E-state index contributed by atoms with van der Waals surface area (Å²) >= 11 is 0. The Morgan fingerprint density at radius 1 is 1.25 bits per heavy atom. The van der Waals surface area contributed by atoms with Crippen molar-refractivity contribution in [2.75, 3.05) is 0 Å². The number of carbonyl (C=O) groups is 2. The highest BCUT2D eigenvalue weighted by Crippen LogP contribution is 2.37. The van der Waals surface area contributed by atoms with E-state index >= 15 is 0 Å². The molecule has 1 amide bonds. The van der Waals surface area contributed by atoms with Crippen LogP contribution in [0.25, 0.3) is 11.5 Å². The molecule has 0 unspecified atom stereocenters. The molecule has 1 fully saturated rings. The molecule has 2 heterocycles. The SMILES string of the molecule is CCCCCC1CCC(c2noc(-c3ccnc(C(=O)OC(N)=O)c3)n2)CC1. The molecule has 2 aromatic heterocycles. The van der Waals surface area contributed by atoms with Crippen molar-refractivity contribution in [3.8, 4) is 11.5 Å². The summed E-state index contributed by atoms with van der Waals surface area (Å²) in [6.45, 7) is 2.23. The van der Waals surface area contributed by atoms with Gasteiger partial charge in [0.1, 0.15) is 5.69 Å². The van der Waals surface area contributed by atoms with Crippen LogP contribution in [0.1, 0.15) is 80.5 Å². The molecule has 0 aromatic carbocycles. The summed E-state index contributed by atoms with van der Waals surface area (Å²) in [7, 11) is 0. The normalized spacial score (nSPS) is 19.3. The number of esters is 1.